The molecule has 0 aromatic heterocycles. The van der Waals surface area contributed by atoms with Crippen molar-refractivity contribution in [2.45, 2.75) is 24.5 Å². The first kappa shape index (κ1) is 25.1. The fraction of sp³-hybridized carbons (Fsp3) is 0.222. The molecule has 1 heterocycles. The molecule has 0 radical (unpaired) electrons. The van der Waals surface area contributed by atoms with E-state index in [1.165, 1.54) is 7.11 Å². The van der Waals surface area contributed by atoms with Crippen LogP contribution >= 0.6 is 0 Å². The summed E-state index contributed by atoms with van der Waals surface area (Å²) in [5.74, 6) is -2.10. The van der Waals surface area contributed by atoms with Gasteiger partial charge in [0.1, 0.15) is 6.61 Å². The van der Waals surface area contributed by atoms with Crippen LogP contribution in [0, 0.1) is 0 Å². The molecule has 4 rings (SSSR count). The van der Waals surface area contributed by atoms with Gasteiger partial charge in [-0.3, -0.25) is 10.0 Å². The Kier molecular flexibility index (Phi) is 8.06. The maximum absolute atomic E-state index is 13.5. The molecule has 9 nitrogen and oxygen atoms in total. The molecule has 1 saturated heterocycles. The van der Waals surface area contributed by atoms with Gasteiger partial charge in [0.15, 0.2) is 24.5 Å². The third-order valence-corrected chi connectivity index (χ3v) is 5.64. The maximum atomic E-state index is 13.5. The zero-order valence-corrected chi connectivity index (χ0v) is 19.4. The van der Waals surface area contributed by atoms with Crippen LogP contribution in [0.25, 0.3) is 0 Å². The second-order valence-electron chi connectivity index (χ2n) is 7.96. The molecular weight excluding hydrogens is 466 g/mol. The Bertz CT molecular complexity index is 1170. The van der Waals surface area contributed by atoms with Gasteiger partial charge in [-0.2, -0.15) is 0 Å². The Morgan fingerprint density at radius 3 is 1.94 bits per heavy atom. The number of carbonyl (C=O) groups excluding carboxylic acids is 3. The molecule has 0 aliphatic carbocycles. The molecular formula is C27H25NO8. The van der Waals surface area contributed by atoms with Crippen molar-refractivity contribution in [1.29, 1.82) is 0 Å². The molecule has 9 heteroatoms. The number of carbonyl (C=O) groups is 3. The summed E-state index contributed by atoms with van der Waals surface area (Å²) in [5.41, 5.74) is 0.857. The summed E-state index contributed by atoms with van der Waals surface area (Å²) in [6, 6.07) is 23.6. The molecule has 0 amide bonds. The third kappa shape index (κ3) is 5.60. The number of Topliss-reactive ketones (excluding diaryl/α,β-unsaturated/α-hetero) is 1. The SMILES string of the molecule is CO[C@@H]1O[C@@H](COC(=O)c2ccccc2)C(=O)[C@@H](OC(=O)c2ccccc2)[C@@H]1N(O)c1ccccc1. The van der Waals surface area contributed by atoms with Crippen molar-refractivity contribution in [3.63, 3.8) is 0 Å². The average Bonchev–Trinajstić information content (AvgIpc) is 2.94. The fourth-order valence-corrected chi connectivity index (χ4v) is 3.81. The van der Waals surface area contributed by atoms with Crippen LogP contribution in [-0.2, 0) is 23.7 Å². The van der Waals surface area contributed by atoms with Crippen LogP contribution < -0.4 is 5.06 Å². The van der Waals surface area contributed by atoms with Crippen molar-refractivity contribution in [2.24, 2.45) is 0 Å². The van der Waals surface area contributed by atoms with Crippen molar-refractivity contribution in [2.75, 3.05) is 18.8 Å². The van der Waals surface area contributed by atoms with Gasteiger partial charge in [-0.25, -0.2) is 14.7 Å². The zero-order valence-electron chi connectivity index (χ0n) is 19.4. The minimum atomic E-state index is -1.50. The van der Waals surface area contributed by atoms with Gasteiger partial charge in [-0.05, 0) is 36.4 Å². The van der Waals surface area contributed by atoms with Crippen LogP contribution in [-0.4, -0.2) is 61.2 Å². The lowest BCUT2D eigenvalue weighted by atomic mass is 9.97. The molecule has 1 aliphatic rings. The van der Waals surface area contributed by atoms with E-state index in [1.54, 1.807) is 91.0 Å². The predicted octanol–water partition coefficient (Wildman–Crippen LogP) is 3.27. The number of benzene rings is 3. The maximum Gasteiger partial charge on any atom is 0.338 e. The Morgan fingerprint density at radius 2 is 1.39 bits per heavy atom. The topological polar surface area (TPSA) is 112 Å². The largest absolute Gasteiger partial charge is 0.459 e. The fourth-order valence-electron chi connectivity index (χ4n) is 3.81. The van der Waals surface area contributed by atoms with Gasteiger partial charge in [0.2, 0.25) is 5.78 Å². The first-order valence-electron chi connectivity index (χ1n) is 11.2. The van der Waals surface area contributed by atoms with E-state index in [-0.39, 0.29) is 5.56 Å². The zero-order chi connectivity index (χ0) is 25.5. The van der Waals surface area contributed by atoms with E-state index in [9.17, 15) is 19.6 Å². The summed E-state index contributed by atoms with van der Waals surface area (Å²) in [7, 11) is 1.33. The molecule has 3 aromatic rings. The molecule has 1 fully saturated rings. The highest BCUT2D eigenvalue weighted by molar-refractivity contribution is 5.95. The van der Waals surface area contributed by atoms with Gasteiger partial charge in [0.25, 0.3) is 0 Å². The number of hydroxylamine groups is 1. The lowest BCUT2D eigenvalue weighted by Gasteiger charge is -2.42. The highest BCUT2D eigenvalue weighted by atomic mass is 16.7. The molecule has 0 unspecified atom stereocenters. The van der Waals surface area contributed by atoms with E-state index in [2.05, 4.69) is 0 Å². The van der Waals surface area contributed by atoms with Gasteiger partial charge in [-0.1, -0.05) is 54.6 Å². The quantitative estimate of drug-likeness (QED) is 0.375. The van der Waals surface area contributed by atoms with Crippen molar-refractivity contribution in [1.82, 2.24) is 0 Å². The third-order valence-electron chi connectivity index (χ3n) is 5.64. The standard InChI is InChI=1S/C27H25NO8/c1-33-27-22(28(32)20-15-9-4-10-16-20)24(36-26(31)19-13-7-3-8-14-19)23(29)21(35-27)17-34-25(30)18-11-5-2-6-12-18/h2-16,21-22,24,27,32H,17H2,1H3/t21-,22-,24-,27+/m0/s1. The number of hydrogen-bond acceptors (Lipinski definition) is 9. The number of hydrogen-bond donors (Lipinski definition) is 1. The van der Waals surface area contributed by atoms with Crippen molar-refractivity contribution in [3.05, 3.63) is 102 Å². The van der Waals surface area contributed by atoms with E-state index in [0.717, 1.165) is 5.06 Å². The van der Waals surface area contributed by atoms with Crippen LogP contribution in [0.5, 0.6) is 0 Å². The van der Waals surface area contributed by atoms with Crippen molar-refractivity contribution >= 4 is 23.4 Å². The number of ketones is 1. The van der Waals surface area contributed by atoms with Crippen LogP contribution in [0.1, 0.15) is 20.7 Å². The number of methoxy groups -OCH3 is 1. The molecule has 4 atom stereocenters. The Balaban J connectivity index is 1.59. The number of ether oxygens (including phenoxy) is 4. The van der Waals surface area contributed by atoms with Crippen LogP contribution in [0.4, 0.5) is 5.69 Å². The molecule has 3 aromatic carbocycles. The Hall–Kier alpha value is -4.05. The number of esters is 2. The molecule has 186 valence electrons. The summed E-state index contributed by atoms with van der Waals surface area (Å²) >= 11 is 0. The van der Waals surface area contributed by atoms with E-state index >= 15 is 0 Å². The first-order valence-corrected chi connectivity index (χ1v) is 11.2. The minimum absolute atomic E-state index is 0.223. The Morgan fingerprint density at radius 1 is 0.861 bits per heavy atom. The van der Waals surface area contributed by atoms with Crippen molar-refractivity contribution < 1.29 is 38.5 Å². The average molecular weight is 491 g/mol. The minimum Gasteiger partial charge on any atom is -0.459 e. The molecule has 1 N–H and O–H groups in total. The number of nitrogens with zero attached hydrogens (tertiary/aromatic N) is 1. The highest BCUT2D eigenvalue weighted by Crippen LogP contribution is 2.29. The summed E-state index contributed by atoms with van der Waals surface area (Å²) < 4.78 is 22.1. The number of para-hydroxylation sites is 1. The predicted molar refractivity (Wildman–Crippen MR) is 128 cm³/mol. The van der Waals surface area contributed by atoms with E-state index in [1.807, 2.05) is 0 Å². The number of rotatable bonds is 8. The lowest BCUT2D eigenvalue weighted by molar-refractivity contribution is -0.222. The van der Waals surface area contributed by atoms with Crippen LogP contribution in [0.3, 0.4) is 0 Å². The molecule has 36 heavy (non-hydrogen) atoms. The van der Waals surface area contributed by atoms with Gasteiger partial charge in [0.05, 0.1) is 16.8 Å². The normalized spacial score (nSPS) is 21.4. The summed E-state index contributed by atoms with van der Waals surface area (Å²) in [6.07, 6.45) is -4.00. The van der Waals surface area contributed by atoms with Crippen molar-refractivity contribution in [3.8, 4) is 0 Å². The summed E-state index contributed by atoms with van der Waals surface area (Å²) in [4.78, 5) is 38.7. The molecule has 1 aliphatic heterocycles. The van der Waals surface area contributed by atoms with Crippen LogP contribution in [0.2, 0.25) is 0 Å². The smallest absolute Gasteiger partial charge is 0.338 e. The second kappa shape index (κ2) is 11.6. The van der Waals surface area contributed by atoms with E-state index < -0.39 is 48.9 Å². The molecule has 0 spiro atoms. The molecule has 0 saturated carbocycles. The first-order chi connectivity index (χ1) is 17.5. The van der Waals surface area contributed by atoms with Gasteiger partial charge >= 0.3 is 11.9 Å². The van der Waals surface area contributed by atoms with Gasteiger partial charge in [-0.15, -0.1) is 0 Å². The second-order valence-corrected chi connectivity index (χ2v) is 7.96. The monoisotopic (exact) mass is 491 g/mol. The summed E-state index contributed by atoms with van der Waals surface area (Å²) in [6.45, 7) is -0.435. The Labute approximate surface area is 207 Å². The van der Waals surface area contributed by atoms with Gasteiger partial charge < -0.3 is 18.9 Å². The van der Waals surface area contributed by atoms with Crippen LogP contribution in [0.15, 0.2) is 91.0 Å². The van der Waals surface area contributed by atoms with E-state index in [4.69, 9.17) is 18.9 Å². The lowest BCUT2D eigenvalue weighted by Crippen LogP contribution is -2.63. The highest BCUT2D eigenvalue weighted by Gasteiger charge is 2.51. The molecule has 0 bridgehead atoms. The van der Waals surface area contributed by atoms with Gasteiger partial charge in [0, 0.05) is 7.11 Å². The number of anilines is 1. The summed E-state index contributed by atoms with van der Waals surface area (Å²) in [5, 5.41) is 11.8. The van der Waals surface area contributed by atoms with E-state index in [0.29, 0.717) is 11.3 Å².